The smallest absolute Gasteiger partial charge is 0.142 e. The summed E-state index contributed by atoms with van der Waals surface area (Å²) in [5.41, 5.74) is 1.30. The minimum Gasteiger partial charge on any atom is -0.142 e. The van der Waals surface area contributed by atoms with Gasteiger partial charge in [-0.2, -0.15) is 0 Å². The van der Waals surface area contributed by atoms with Gasteiger partial charge in [0.2, 0.25) is 0 Å². The summed E-state index contributed by atoms with van der Waals surface area (Å²) < 4.78 is 0.840. The van der Waals surface area contributed by atoms with E-state index in [4.69, 9.17) is 0 Å². The van der Waals surface area contributed by atoms with Crippen molar-refractivity contribution < 1.29 is 0 Å². The Kier molecular flexibility index (Phi) is 2.91. The van der Waals surface area contributed by atoms with Crippen LogP contribution in [-0.2, 0) is 6.42 Å². The van der Waals surface area contributed by atoms with Gasteiger partial charge in [-0.15, -0.1) is 10.2 Å². The first-order valence-electron chi connectivity index (χ1n) is 5.27. The number of halogens is 1. The summed E-state index contributed by atoms with van der Waals surface area (Å²) in [4.78, 5) is 0. The van der Waals surface area contributed by atoms with Crippen LogP contribution in [0.2, 0.25) is 0 Å². The predicted molar refractivity (Wildman–Crippen MR) is 74.4 cm³/mol. The average molecular weight is 305 g/mol. The first kappa shape index (κ1) is 10.9. The summed E-state index contributed by atoms with van der Waals surface area (Å²) in [5.74, 6) is 0. The number of aromatic nitrogens is 2. The fourth-order valence-corrected chi connectivity index (χ4v) is 3.14. The van der Waals surface area contributed by atoms with Crippen molar-refractivity contribution in [3.63, 3.8) is 0 Å². The number of nitrogens with zero attached hydrogens (tertiary/aromatic N) is 2. The molecule has 1 heterocycles. The van der Waals surface area contributed by atoms with Gasteiger partial charge in [-0.25, -0.2) is 0 Å². The van der Waals surface area contributed by atoms with Crippen LogP contribution in [0.15, 0.2) is 46.4 Å². The Balaban J connectivity index is 2.05. The van der Waals surface area contributed by atoms with Crippen LogP contribution in [0.1, 0.15) is 10.6 Å². The number of hydrogen-bond acceptors (Lipinski definition) is 3. The third-order valence-corrected chi connectivity index (χ3v) is 4.02. The van der Waals surface area contributed by atoms with Crippen LogP contribution >= 0.6 is 27.3 Å². The fourth-order valence-electron chi connectivity index (χ4n) is 1.91. The number of hydrogen-bond donors (Lipinski definition) is 0. The molecule has 0 N–H and O–H groups in total. The van der Waals surface area contributed by atoms with Crippen molar-refractivity contribution in [3.05, 3.63) is 57.0 Å². The van der Waals surface area contributed by atoms with Gasteiger partial charge in [-0.3, -0.25) is 0 Å². The van der Waals surface area contributed by atoms with Crippen molar-refractivity contribution in [2.24, 2.45) is 0 Å². The molecule has 0 spiro atoms. The van der Waals surface area contributed by atoms with E-state index < -0.39 is 0 Å². The molecule has 0 unspecified atom stereocenters. The first-order valence-corrected chi connectivity index (χ1v) is 6.88. The summed E-state index contributed by atoms with van der Waals surface area (Å²) in [6.45, 7) is 0. The molecule has 0 radical (unpaired) electrons. The van der Waals surface area contributed by atoms with Crippen LogP contribution in [0.25, 0.3) is 10.8 Å². The Hall–Kier alpha value is -1.26. The topological polar surface area (TPSA) is 25.8 Å². The Morgan fingerprint density at radius 3 is 2.65 bits per heavy atom. The Morgan fingerprint density at radius 2 is 1.82 bits per heavy atom. The van der Waals surface area contributed by atoms with Crippen LogP contribution in [0.3, 0.4) is 0 Å². The van der Waals surface area contributed by atoms with E-state index in [9.17, 15) is 0 Å². The van der Waals surface area contributed by atoms with Gasteiger partial charge in [0.1, 0.15) is 5.01 Å². The van der Waals surface area contributed by atoms with Gasteiger partial charge in [0.05, 0.1) is 0 Å². The van der Waals surface area contributed by atoms with E-state index in [1.807, 2.05) is 0 Å². The lowest BCUT2D eigenvalue weighted by molar-refractivity contribution is 0.996. The molecule has 4 heteroatoms. The highest BCUT2D eigenvalue weighted by Gasteiger charge is 2.05. The summed E-state index contributed by atoms with van der Waals surface area (Å²) in [6, 6.07) is 14.8. The molecule has 0 aliphatic carbocycles. The van der Waals surface area contributed by atoms with E-state index in [1.54, 1.807) is 11.3 Å². The lowest BCUT2D eigenvalue weighted by Crippen LogP contribution is -1.89. The Bertz CT molecular complexity index is 658. The molecule has 1 aromatic heterocycles. The summed E-state index contributed by atoms with van der Waals surface area (Å²) in [6.07, 6.45) is 0.838. The van der Waals surface area contributed by atoms with E-state index in [0.717, 1.165) is 15.3 Å². The molecule has 0 amide bonds. The average Bonchev–Trinajstić information content (AvgIpc) is 2.75. The second kappa shape index (κ2) is 4.55. The Labute approximate surface area is 111 Å². The molecular weight excluding hydrogens is 296 g/mol. The van der Waals surface area contributed by atoms with Crippen LogP contribution in [0.5, 0.6) is 0 Å². The van der Waals surface area contributed by atoms with Gasteiger partial charge in [-0.05, 0) is 32.3 Å². The second-order valence-electron chi connectivity index (χ2n) is 3.76. The highest BCUT2D eigenvalue weighted by atomic mass is 79.9. The quantitative estimate of drug-likeness (QED) is 0.714. The predicted octanol–water partition coefficient (Wildman–Crippen LogP) is 4.04. The number of rotatable bonds is 2. The van der Waals surface area contributed by atoms with E-state index in [-0.39, 0.29) is 0 Å². The minimum absolute atomic E-state index is 0.838. The molecule has 0 aliphatic rings. The van der Waals surface area contributed by atoms with Crippen LogP contribution < -0.4 is 0 Å². The van der Waals surface area contributed by atoms with Crippen LogP contribution in [0, 0.1) is 0 Å². The molecule has 0 saturated carbocycles. The molecule has 0 fully saturated rings. The summed E-state index contributed by atoms with van der Waals surface area (Å²) in [5, 5.41) is 11.7. The lowest BCUT2D eigenvalue weighted by Gasteiger charge is -2.03. The van der Waals surface area contributed by atoms with Crippen molar-refractivity contribution >= 4 is 38.0 Å². The normalized spacial score (nSPS) is 10.9. The van der Waals surface area contributed by atoms with Crippen molar-refractivity contribution in [1.82, 2.24) is 10.2 Å². The molecule has 84 valence electrons. The van der Waals surface area contributed by atoms with Gasteiger partial charge in [0, 0.05) is 6.42 Å². The second-order valence-corrected chi connectivity index (χ2v) is 6.10. The van der Waals surface area contributed by atoms with Gasteiger partial charge in [0.25, 0.3) is 0 Å². The van der Waals surface area contributed by atoms with E-state index >= 15 is 0 Å². The zero-order valence-corrected chi connectivity index (χ0v) is 11.3. The van der Waals surface area contributed by atoms with E-state index in [0.29, 0.717) is 0 Å². The summed E-state index contributed by atoms with van der Waals surface area (Å²) in [7, 11) is 0. The van der Waals surface area contributed by atoms with E-state index in [2.05, 4.69) is 68.6 Å². The molecule has 2 aromatic carbocycles. The molecule has 17 heavy (non-hydrogen) atoms. The molecule has 0 bridgehead atoms. The maximum absolute atomic E-state index is 4.14. The largest absolute Gasteiger partial charge is 0.183 e. The van der Waals surface area contributed by atoms with Crippen molar-refractivity contribution in [2.75, 3.05) is 0 Å². The molecule has 0 saturated heterocycles. The SMILES string of the molecule is Brc1nnc(Cc2cccc3ccccc23)s1. The number of benzene rings is 2. The third kappa shape index (κ3) is 2.23. The van der Waals surface area contributed by atoms with Crippen molar-refractivity contribution in [3.8, 4) is 0 Å². The first-order chi connectivity index (χ1) is 8.33. The zero-order valence-electron chi connectivity index (χ0n) is 8.93. The van der Waals surface area contributed by atoms with Crippen molar-refractivity contribution in [1.29, 1.82) is 0 Å². The zero-order chi connectivity index (χ0) is 11.7. The van der Waals surface area contributed by atoms with Gasteiger partial charge >= 0.3 is 0 Å². The molecule has 2 nitrogen and oxygen atoms in total. The van der Waals surface area contributed by atoms with Crippen LogP contribution in [0.4, 0.5) is 0 Å². The molecule has 3 aromatic rings. The lowest BCUT2D eigenvalue weighted by atomic mass is 10.0. The maximum atomic E-state index is 4.14. The fraction of sp³-hybridized carbons (Fsp3) is 0.0769. The van der Waals surface area contributed by atoms with Gasteiger partial charge < -0.3 is 0 Å². The molecule has 0 aliphatic heterocycles. The third-order valence-electron chi connectivity index (χ3n) is 2.66. The van der Waals surface area contributed by atoms with Crippen molar-refractivity contribution in [2.45, 2.75) is 6.42 Å². The summed E-state index contributed by atoms with van der Waals surface area (Å²) >= 11 is 4.93. The maximum Gasteiger partial charge on any atom is 0.183 e. The van der Waals surface area contributed by atoms with Gasteiger partial charge in [-0.1, -0.05) is 53.8 Å². The minimum atomic E-state index is 0.838. The monoisotopic (exact) mass is 304 g/mol. The van der Waals surface area contributed by atoms with E-state index in [1.165, 1.54) is 16.3 Å². The highest BCUT2D eigenvalue weighted by molar-refractivity contribution is 9.11. The van der Waals surface area contributed by atoms with Crippen LogP contribution in [-0.4, -0.2) is 10.2 Å². The molecule has 0 atom stereocenters. The van der Waals surface area contributed by atoms with Gasteiger partial charge in [0.15, 0.2) is 3.92 Å². The highest BCUT2D eigenvalue weighted by Crippen LogP contribution is 2.23. The molecular formula is C13H9BrN2S. The molecule has 3 rings (SSSR count). The Morgan fingerprint density at radius 1 is 1.00 bits per heavy atom. The standard InChI is InChI=1S/C13H9BrN2S/c14-13-16-15-12(17-13)8-10-6-3-5-9-4-1-2-7-11(9)10/h1-7H,8H2. The number of fused-ring (bicyclic) bond motifs is 1.